The molecule has 0 aromatic carbocycles. The number of nitrogens with zero attached hydrogens (tertiary/aromatic N) is 1. The van der Waals surface area contributed by atoms with Gasteiger partial charge in [0.2, 0.25) is 0 Å². The van der Waals surface area contributed by atoms with Crippen molar-refractivity contribution < 1.29 is 0 Å². The van der Waals surface area contributed by atoms with Crippen molar-refractivity contribution in [3.63, 3.8) is 0 Å². The van der Waals surface area contributed by atoms with Crippen molar-refractivity contribution in [2.45, 2.75) is 65.0 Å². The van der Waals surface area contributed by atoms with Crippen LogP contribution in [-0.4, -0.2) is 36.6 Å². The van der Waals surface area contributed by atoms with Crippen molar-refractivity contribution in [1.82, 2.24) is 10.2 Å². The molecule has 2 unspecified atom stereocenters. The van der Waals surface area contributed by atoms with Crippen molar-refractivity contribution in [2.75, 3.05) is 19.6 Å². The van der Waals surface area contributed by atoms with Crippen molar-refractivity contribution in [3.05, 3.63) is 0 Å². The van der Waals surface area contributed by atoms with Gasteiger partial charge in [0.15, 0.2) is 0 Å². The van der Waals surface area contributed by atoms with Gasteiger partial charge in [-0.3, -0.25) is 4.90 Å². The second kappa shape index (κ2) is 7.24. The largest absolute Gasteiger partial charge is 0.311 e. The maximum atomic E-state index is 3.53. The normalized spacial score (nSPS) is 28.2. The fourth-order valence-corrected chi connectivity index (χ4v) is 2.33. The summed E-state index contributed by atoms with van der Waals surface area (Å²) >= 11 is 0. The number of rotatable bonds is 6. The fraction of sp³-hybridized carbons (Fsp3) is 1.00. The third-order valence-corrected chi connectivity index (χ3v) is 3.44. The van der Waals surface area contributed by atoms with Gasteiger partial charge < -0.3 is 5.32 Å². The first-order chi connectivity index (χ1) is 7.24. The maximum Gasteiger partial charge on any atom is 0.0193 e. The van der Waals surface area contributed by atoms with E-state index in [1.54, 1.807) is 0 Å². The minimum absolute atomic E-state index is 0.678. The van der Waals surface area contributed by atoms with Gasteiger partial charge in [-0.2, -0.15) is 0 Å². The molecule has 1 fully saturated rings. The average molecular weight is 212 g/mol. The first kappa shape index (κ1) is 13.0. The molecule has 0 aliphatic carbocycles. The summed E-state index contributed by atoms with van der Waals surface area (Å²) in [5, 5.41) is 3.53. The Morgan fingerprint density at radius 1 is 1.13 bits per heavy atom. The van der Waals surface area contributed by atoms with Crippen LogP contribution in [0.4, 0.5) is 0 Å². The van der Waals surface area contributed by atoms with Crippen LogP contribution in [0.1, 0.15) is 52.9 Å². The molecule has 0 saturated carbocycles. The van der Waals surface area contributed by atoms with E-state index in [1.807, 2.05) is 0 Å². The molecule has 2 atom stereocenters. The summed E-state index contributed by atoms with van der Waals surface area (Å²) in [5.41, 5.74) is 0. The third-order valence-electron chi connectivity index (χ3n) is 3.44. The van der Waals surface area contributed by atoms with Crippen LogP contribution >= 0.6 is 0 Å². The van der Waals surface area contributed by atoms with Gasteiger partial charge in [0.1, 0.15) is 0 Å². The van der Waals surface area contributed by atoms with E-state index in [0.29, 0.717) is 6.04 Å². The quantitative estimate of drug-likeness (QED) is 0.681. The van der Waals surface area contributed by atoms with Crippen LogP contribution < -0.4 is 5.32 Å². The van der Waals surface area contributed by atoms with Gasteiger partial charge in [-0.25, -0.2) is 0 Å². The zero-order valence-corrected chi connectivity index (χ0v) is 10.8. The first-order valence-electron chi connectivity index (χ1n) is 6.71. The summed E-state index contributed by atoms with van der Waals surface area (Å²) in [6, 6.07) is 1.41. The minimum Gasteiger partial charge on any atom is -0.311 e. The van der Waals surface area contributed by atoms with Crippen LogP contribution in [0.2, 0.25) is 0 Å². The smallest absolute Gasteiger partial charge is 0.0193 e. The monoisotopic (exact) mass is 212 g/mol. The maximum absolute atomic E-state index is 3.53. The molecule has 1 aliphatic heterocycles. The zero-order valence-electron chi connectivity index (χ0n) is 10.8. The van der Waals surface area contributed by atoms with Gasteiger partial charge in [0, 0.05) is 25.2 Å². The van der Waals surface area contributed by atoms with Crippen LogP contribution in [-0.2, 0) is 0 Å². The summed E-state index contributed by atoms with van der Waals surface area (Å²) in [6.45, 7) is 10.6. The summed E-state index contributed by atoms with van der Waals surface area (Å²) in [7, 11) is 0. The van der Waals surface area contributed by atoms with Gasteiger partial charge in [-0.1, -0.05) is 32.6 Å². The molecule has 15 heavy (non-hydrogen) atoms. The SMILES string of the molecule is CCCCCCCN1CC(C)NCC1C. The lowest BCUT2D eigenvalue weighted by molar-refractivity contribution is 0.144. The summed E-state index contributed by atoms with van der Waals surface area (Å²) in [5.74, 6) is 0. The molecule has 0 spiro atoms. The number of hydrogen-bond donors (Lipinski definition) is 1. The number of unbranched alkanes of at least 4 members (excludes halogenated alkanes) is 4. The molecular formula is C13H28N2. The predicted octanol–water partition coefficient (Wildman–Crippen LogP) is 2.64. The van der Waals surface area contributed by atoms with Gasteiger partial charge in [-0.05, 0) is 26.8 Å². The molecule has 1 saturated heterocycles. The van der Waals surface area contributed by atoms with E-state index in [1.165, 1.54) is 45.2 Å². The predicted molar refractivity (Wildman–Crippen MR) is 67.3 cm³/mol. The number of nitrogens with one attached hydrogen (secondary N) is 1. The standard InChI is InChI=1S/C13H28N2/c1-4-5-6-7-8-9-15-11-12(2)14-10-13(15)3/h12-14H,4-11H2,1-3H3. The van der Waals surface area contributed by atoms with Crippen LogP contribution in [0.15, 0.2) is 0 Å². The Kier molecular flexibility index (Phi) is 6.26. The second-order valence-corrected chi connectivity index (χ2v) is 5.07. The first-order valence-corrected chi connectivity index (χ1v) is 6.71. The molecule has 0 radical (unpaired) electrons. The summed E-state index contributed by atoms with van der Waals surface area (Å²) in [6.07, 6.45) is 6.98. The zero-order chi connectivity index (χ0) is 11.1. The lowest BCUT2D eigenvalue weighted by atomic mass is 10.1. The van der Waals surface area contributed by atoms with E-state index >= 15 is 0 Å². The molecule has 1 N–H and O–H groups in total. The Bertz CT molecular complexity index is 159. The van der Waals surface area contributed by atoms with E-state index in [9.17, 15) is 0 Å². The fourth-order valence-electron chi connectivity index (χ4n) is 2.33. The van der Waals surface area contributed by atoms with Crippen molar-refractivity contribution in [2.24, 2.45) is 0 Å². The third kappa shape index (κ3) is 4.98. The Morgan fingerprint density at radius 2 is 1.87 bits per heavy atom. The van der Waals surface area contributed by atoms with Crippen molar-refractivity contribution in [3.8, 4) is 0 Å². The molecule has 90 valence electrons. The lowest BCUT2D eigenvalue weighted by Gasteiger charge is -2.37. The summed E-state index contributed by atoms with van der Waals surface area (Å²) in [4.78, 5) is 2.65. The molecule has 0 bridgehead atoms. The topological polar surface area (TPSA) is 15.3 Å². The van der Waals surface area contributed by atoms with E-state index in [2.05, 4.69) is 31.0 Å². The van der Waals surface area contributed by atoms with E-state index in [0.717, 1.165) is 12.6 Å². The molecule has 2 nitrogen and oxygen atoms in total. The Labute approximate surface area is 95.4 Å². The highest BCUT2D eigenvalue weighted by Gasteiger charge is 2.21. The van der Waals surface area contributed by atoms with E-state index in [-0.39, 0.29) is 0 Å². The van der Waals surface area contributed by atoms with Gasteiger partial charge in [-0.15, -0.1) is 0 Å². The van der Waals surface area contributed by atoms with Crippen LogP contribution in [0.5, 0.6) is 0 Å². The highest BCUT2D eigenvalue weighted by Crippen LogP contribution is 2.09. The molecule has 0 aromatic rings. The number of piperazine rings is 1. The van der Waals surface area contributed by atoms with Crippen molar-refractivity contribution >= 4 is 0 Å². The summed E-state index contributed by atoms with van der Waals surface area (Å²) < 4.78 is 0. The van der Waals surface area contributed by atoms with E-state index < -0.39 is 0 Å². The van der Waals surface area contributed by atoms with Crippen molar-refractivity contribution in [1.29, 1.82) is 0 Å². The molecular weight excluding hydrogens is 184 g/mol. The Balaban J connectivity index is 2.08. The molecule has 1 aliphatic rings. The highest BCUT2D eigenvalue weighted by atomic mass is 15.2. The Hall–Kier alpha value is -0.0800. The Morgan fingerprint density at radius 3 is 2.60 bits per heavy atom. The van der Waals surface area contributed by atoms with Gasteiger partial charge >= 0.3 is 0 Å². The molecule has 0 amide bonds. The molecule has 2 heteroatoms. The lowest BCUT2D eigenvalue weighted by Crippen LogP contribution is -2.54. The van der Waals surface area contributed by atoms with Crippen LogP contribution in [0, 0.1) is 0 Å². The molecule has 0 aromatic heterocycles. The van der Waals surface area contributed by atoms with Gasteiger partial charge in [0.25, 0.3) is 0 Å². The van der Waals surface area contributed by atoms with Crippen LogP contribution in [0.3, 0.4) is 0 Å². The minimum atomic E-state index is 0.678. The van der Waals surface area contributed by atoms with E-state index in [4.69, 9.17) is 0 Å². The van der Waals surface area contributed by atoms with Gasteiger partial charge in [0.05, 0.1) is 0 Å². The molecule has 1 rings (SSSR count). The average Bonchev–Trinajstić information content (AvgIpc) is 2.23. The molecule has 1 heterocycles. The van der Waals surface area contributed by atoms with Crippen LogP contribution in [0.25, 0.3) is 0 Å². The highest BCUT2D eigenvalue weighted by molar-refractivity contribution is 4.80. The number of hydrogen-bond acceptors (Lipinski definition) is 2. The second-order valence-electron chi connectivity index (χ2n) is 5.07.